The normalized spacial score (nSPS) is 11.1. The lowest BCUT2D eigenvalue weighted by molar-refractivity contribution is 0.906. The van der Waals surface area contributed by atoms with Crippen molar-refractivity contribution in [3.8, 4) is 33.3 Å². The van der Waals surface area contributed by atoms with Gasteiger partial charge >= 0.3 is 0 Å². The summed E-state index contributed by atoms with van der Waals surface area (Å²) in [6.07, 6.45) is 5.37. The van der Waals surface area contributed by atoms with E-state index in [-0.39, 0.29) is 0 Å². The van der Waals surface area contributed by atoms with Gasteiger partial charge in [0.05, 0.1) is 26.2 Å². The van der Waals surface area contributed by atoms with Gasteiger partial charge in [0, 0.05) is 12.4 Å². The Morgan fingerprint density at radius 1 is 0.778 bits per heavy atom. The first kappa shape index (κ1) is 16.2. The highest BCUT2D eigenvalue weighted by atomic mass is 79.9. The van der Waals surface area contributed by atoms with Crippen molar-refractivity contribution in [3.63, 3.8) is 0 Å². The molecule has 0 fully saturated rings. The van der Waals surface area contributed by atoms with Crippen molar-refractivity contribution < 1.29 is 0 Å². The molecule has 5 heterocycles. The van der Waals surface area contributed by atoms with Crippen LogP contribution in [0.25, 0.3) is 39.1 Å². The highest BCUT2D eigenvalue weighted by Gasteiger charge is 2.17. The van der Waals surface area contributed by atoms with Crippen molar-refractivity contribution in [2.75, 3.05) is 0 Å². The Hall–Kier alpha value is -2.97. The van der Waals surface area contributed by atoms with Gasteiger partial charge < -0.3 is 0 Å². The van der Waals surface area contributed by atoms with E-state index in [9.17, 15) is 0 Å². The van der Waals surface area contributed by atoms with E-state index in [1.165, 1.54) is 0 Å². The molecule has 5 rings (SSSR count). The fraction of sp³-hybridized carbons (Fsp3) is 0. The maximum absolute atomic E-state index is 4.76. The number of halogens is 1. The summed E-state index contributed by atoms with van der Waals surface area (Å²) in [6, 6.07) is 15.5. The van der Waals surface area contributed by atoms with Gasteiger partial charge in [0.15, 0.2) is 0 Å². The Kier molecular flexibility index (Phi) is 3.99. The standard InChI is InChI=1S/C19H11BrN6S/c20-16-8-7-15(27-16)14-11-26-19(23-14)24-17(12-5-1-3-9-21-12)18(25-26)13-6-2-4-10-22-13/h1-11H. The van der Waals surface area contributed by atoms with Crippen LogP contribution in [0.15, 0.2) is 70.9 Å². The van der Waals surface area contributed by atoms with Gasteiger partial charge in [0.1, 0.15) is 17.1 Å². The first-order valence-corrected chi connectivity index (χ1v) is 9.75. The molecule has 27 heavy (non-hydrogen) atoms. The third-order valence-electron chi connectivity index (χ3n) is 3.95. The largest absolute Gasteiger partial charge is 0.255 e. The van der Waals surface area contributed by atoms with E-state index in [0.717, 1.165) is 25.7 Å². The molecule has 0 radical (unpaired) electrons. The molecule has 0 amide bonds. The van der Waals surface area contributed by atoms with Gasteiger partial charge in [-0.05, 0) is 52.3 Å². The number of aromatic nitrogens is 6. The number of fused-ring (bicyclic) bond motifs is 1. The minimum atomic E-state index is 0.523. The first-order chi connectivity index (χ1) is 13.3. The highest BCUT2D eigenvalue weighted by molar-refractivity contribution is 9.11. The average Bonchev–Trinajstić information content (AvgIpc) is 3.34. The van der Waals surface area contributed by atoms with Crippen molar-refractivity contribution in [3.05, 3.63) is 70.9 Å². The zero-order chi connectivity index (χ0) is 18.2. The molecule has 0 aliphatic heterocycles. The summed E-state index contributed by atoms with van der Waals surface area (Å²) in [6.45, 7) is 0. The van der Waals surface area contributed by atoms with Crippen molar-refractivity contribution >= 4 is 33.0 Å². The van der Waals surface area contributed by atoms with Crippen LogP contribution in [0.5, 0.6) is 0 Å². The lowest BCUT2D eigenvalue weighted by Crippen LogP contribution is -2.02. The summed E-state index contributed by atoms with van der Waals surface area (Å²) in [5.41, 5.74) is 3.62. The van der Waals surface area contributed by atoms with Gasteiger partial charge in [-0.1, -0.05) is 12.1 Å². The molecule has 0 bridgehead atoms. The zero-order valence-electron chi connectivity index (χ0n) is 13.8. The lowest BCUT2D eigenvalue weighted by Gasteiger charge is -2.07. The van der Waals surface area contributed by atoms with Gasteiger partial charge in [0.2, 0.25) is 0 Å². The molecule has 0 aliphatic rings. The van der Waals surface area contributed by atoms with E-state index in [1.807, 2.05) is 54.7 Å². The predicted octanol–water partition coefficient (Wildman–Crippen LogP) is 4.74. The molecule has 0 spiro atoms. The van der Waals surface area contributed by atoms with Crippen LogP contribution >= 0.6 is 27.3 Å². The number of pyridine rings is 2. The number of nitrogens with zero attached hydrogens (tertiary/aromatic N) is 6. The molecule has 6 nitrogen and oxygen atoms in total. The van der Waals surface area contributed by atoms with Gasteiger partial charge in [-0.25, -0.2) is 14.5 Å². The quantitative estimate of drug-likeness (QED) is 0.410. The summed E-state index contributed by atoms with van der Waals surface area (Å²) in [4.78, 5) is 19.3. The molecule has 130 valence electrons. The van der Waals surface area contributed by atoms with E-state index in [1.54, 1.807) is 28.2 Å². The zero-order valence-corrected chi connectivity index (χ0v) is 16.2. The van der Waals surface area contributed by atoms with Crippen LogP contribution in [0.3, 0.4) is 0 Å². The van der Waals surface area contributed by atoms with Crippen molar-refractivity contribution in [1.82, 2.24) is 29.5 Å². The average molecular weight is 435 g/mol. The second kappa shape index (κ2) is 6.64. The lowest BCUT2D eigenvalue weighted by atomic mass is 10.1. The molecule has 0 aromatic carbocycles. The first-order valence-electron chi connectivity index (χ1n) is 8.14. The molecular weight excluding hydrogens is 424 g/mol. The van der Waals surface area contributed by atoms with Crippen molar-refractivity contribution in [1.29, 1.82) is 0 Å². The van der Waals surface area contributed by atoms with E-state index in [2.05, 4.69) is 30.9 Å². The second-order valence-electron chi connectivity index (χ2n) is 5.71. The molecule has 0 saturated heterocycles. The minimum absolute atomic E-state index is 0.523. The Labute approximate surface area is 166 Å². The van der Waals surface area contributed by atoms with E-state index in [0.29, 0.717) is 17.2 Å². The summed E-state index contributed by atoms with van der Waals surface area (Å²) in [5.74, 6) is 0.523. The molecule has 8 heteroatoms. The Morgan fingerprint density at radius 3 is 2.15 bits per heavy atom. The topological polar surface area (TPSA) is 68.9 Å². The van der Waals surface area contributed by atoms with Gasteiger partial charge in [-0.2, -0.15) is 5.10 Å². The van der Waals surface area contributed by atoms with Crippen LogP contribution in [-0.4, -0.2) is 29.5 Å². The third kappa shape index (κ3) is 3.02. The molecule has 5 aromatic heterocycles. The second-order valence-corrected chi connectivity index (χ2v) is 8.18. The maximum atomic E-state index is 4.76. The summed E-state index contributed by atoms with van der Waals surface area (Å²) in [7, 11) is 0. The molecule has 5 aromatic rings. The SMILES string of the molecule is Brc1ccc(-c2cn3nc(-c4ccccn4)c(-c4ccccn4)nc3n2)s1. The van der Waals surface area contributed by atoms with Crippen LogP contribution < -0.4 is 0 Å². The summed E-state index contributed by atoms with van der Waals surface area (Å²) < 4.78 is 2.75. The molecule has 0 saturated carbocycles. The van der Waals surface area contributed by atoms with Crippen LogP contribution in [0.2, 0.25) is 0 Å². The van der Waals surface area contributed by atoms with E-state index < -0.39 is 0 Å². The molecule has 0 aliphatic carbocycles. The molecule has 0 unspecified atom stereocenters. The van der Waals surface area contributed by atoms with Crippen LogP contribution in [0.4, 0.5) is 0 Å². The predicted molar refractivity (Wildman–Crippen MR) is 108 cm³/mol. The molecule has 0 atom stereocenters. The van der Waals surface area contributed by atoms with Crippen molar-refractivity contribution in [2.45, 2.75) is 0 Å². The number of hydrogen-bond donors (Lipinski definition) is 0. The van der Waals surface area contributed by atoms with Crippen LogP contribution in [0, 0.1) is 0 Å². The smallest absolute Gasteiger partial charge is 0.251 e. The van der Waals surface area contributed by atoms with Gasteiger partial charge in [-0.15, -0.1) is 11.3 Å². The monoisotopic (exact) mass is 434 g/mol. The third-order valence-corrected chi connectivity index (χ3v) is 5.60. The maximum Gasteiger partial charge on any atom is 0.251 e. The highest BCUT2D eigenvalue weighted by Crippen LogP contribution is 2.32. The van der Waals surface area contributed by atoms with Gasteiger partial charge in [0.25, 0.3) is 5.78 Å². The number of rotatable bonds is 3. The Bertz CT molecular complexity index is 1160. The summed E-state index contributed by atoms with van der Waals surface area (Å²) in [5, 5.41) is 4.76. The van der Waals surface area contributed by atoms with E-state index in [4.69, 9.17) is 10.1 Å². The van der Waals surface area contributed by atoms with E-state index >= 15 is 0 Å². The number of hydrogen-bond acceptors (Lipinski definition) is 6. The Morgan fingerprint density at radius 2 is 1.52 bits per heavy atom. The summed E-state index contributed by atoms with van der Waals surface area (Å²) >= 11 is 5.11. The minimum Gasteiger partial charge on any atom is -0.255 e. The molecule has 0 N–H and O–H groups in total. The number of imidazole rings is 1. The number of thiophene rings is 1. The molecular formula is C19H11BrN6S. The van der Waals surface area contributed by atoms with Crippen LogP contribution in [-0.2, 0) is 0 Å². The van der Waals surface area contributed by atoms with Gasteiger partial charge in [-0.3, -0.25) is 9.97 Å². The van der Waals surface area contributed by atoms with Crippen molar-refractivity contribution in [2.24, 2.45) is 0 Å². The fourth-order valence-corrected chi connectivity index (χ4v) is 4.09. The van der Waals surface area contributed by atoms with Crippen LogP contribution in [0.1, 0.15) is 0 Å². The Balaban J connectivity index is 1.75. The fourth-order valence-electron chi connectivity index (χ4n) is 2.75.